The van der Waals surface area contributed by atoms with Crippen molar-refractivity contribution in [3.05, 3.63) is 0 Å². The zero-order chi connectivity index (χ0) is 7.11. The van der Waals surface area contributed by atoms with Crippen molar-refractivity contribution in [3.8, 4) is 0 Å². The van der Waals surface area contributed by atoms with Crippen molar-refractivity contribution < 1.29 is 4.79 Å². The fourth-order valence-electron chi connectivity index (χ4n) is 0.443. The van der Waals surface area contributed by atoms with E-state index >= 15 is 0 Å². The Balaban J connectivity index is 3.06. The van der Waals surface area contributed by atoms with Crippen LogP contribution in [0, 0.1) is 0 Å². The molecular weight excluding hydrogens is 133 g/mol. The first-order chi connectivity index (χ1) is 4.31. The Hall–Kier alpha value is -0.115. The van der Waals surface area contributed by atoms with Crippen LogP contribution in [0.3, 0.4) is 0 Å². The summed E-state index contributed by atoms with van der Waals surface area (Å²) >= 11 is 1.64. The standard InChI is InChI=1S/C5H12BNOS/c1-2-9-3-5(8)7-4-6/h2-4,6H2,1H3,(H,7,8). The maximum absolute atomic E-state index is 10.7. The number of hydrogen-bond acceptors (Lipinski definition) is 2. The second-order valence-corrected chi connectivity index (χ2v) is 2.86. The van der Waals surface area contributed by atoms with Gasteiger partial charge in [0.05, 0.1) is 5.75 Å². The van der Waals surface area contributed by atoms with Gasteiger partial charge in [-0.15, -0.1) is 0 Å². The van der Waals surface area contributed by atoms with Crippen molar-refractivity contribution in [1.29, 1.82) is 0 Å². The SMILES string of the molecule is BCNC(=O)CSCC. The van der Waals surface area contributed by atoms with E-state index < -0.39 is 0 Å². The summed E-state index contributed by atoms with van der Waals surface area (Å²) in [6.45, 7) is 2.05. The van der Waals surface area contributed by atoms with Gasteiger partial charge in [-0.2, -0.15) is 11.8 Å². The zero-order valence-electron chi connectivity index (χ0n) is 5.94. The highest BCUT2D eigenvalue weighted by molar-refractivity contribution is 7.99. The third kappa shape index (κ3) is 5.76. The van der Waals surface area contributed by atoms with Gasteiger partial charge in [-0.25, -0.2) is 0 Å². The van der Waals surface area contributed by atoms with Gasteiger partial charge in [0.1, 0.15) is 7.85 Å². The Kier molecular flexibility index (Phi) is 5.93. The molecule has 0 atom stereocenters. The molecule has 52 valence electrons. The van der Waals surface area contributed by atoms with Gasteiger partial charge in [0, 0.05) is 0 Å². The van der Waals surface area contributed by atoms with Gasteiger partial charge in [0.25, 0.3) is 0 Å². The van der Waals surface area contributed by atoms with Crippen molar-refractivity contribution in [3.63, 3.8) is 0 Å². The van der Waals surface area contributed by atoms with Gasteiger partial charge >= 0.3 is 0 Å². The Morgan fingerprint density at radius 3 is 2.89 bits per heavy atom. The third-order valence-corrected chi connectivity index (χ3v) is 1.69. The number of thioether (sulfide) groups is 1. The van der Waals surface area contributed by atoms with Gasteiger partial charge < -0.3 is 5.32 Å². The third-order valence-electron chi connectivity index (χ3n) is 0.811. The van der Waals surface area contributed by atoms with Crippen molar-refractivity contribution in [2.75, 3.05) is 17.9 Å². The van der Waals surface area contributed by atoms with E-state index in [-0.39, 0.29) is 5.91 Å². The van der Waals surface area contributed by atoms with Crippen LogP contribution in [0.25, 0.3) is 0 Å². The molecule has 0 saturated carbocycles. The molecule has 0 spiro atoms. The summed E-state index contributed by atoms with van der Waals surface area (Å²) in [5.41, 5.74) is 0. The van der Waals surface area contributed by atoms with Crippen LogP contribution in [0.5, 0.6) is 0 Å². The number of rotatable bonds is 4. The average molecular weight is 145 g/mol. The second kappa shape index (κ2) is 6.01. The van der Waals surface area contributed by atoms with Crippen LogP contribution in [-0.2, 0) is 4.79 Å². The number of hydrogen-bond donors (Lipinski definition) is 1. The lowest BCUT2D eigenvalue weighted by Gasteiger charge is -1.98. The number of carbonyl (C=O) groups is 1. The highest BCUT2D eigenvalue weighted by Gasteiger charge is 1.95. The van der Waals surface area contributed by atoms with Gasteiger partial charge in [0.15, 0.2) is 0 Å². The molecular formula is C5H12BNOS. The fourth-order valence-corrected chi connectivity index (χ4v) is 0.935. The molecule has 0 aromatic heterocycles. The van der Waals surface area contributed by atoms with Gasteiger partial charge in [-0.3, -0.25) is 4.79 Å². The maximum atomic E-state index is 10.7. The van der Waals surface area contributed by atoms with E-state index in [1.165, 1.54) is 0 Å². The summed E-state index contributed by atoms with van der Waals surface area (Å²) in [5, 5.41) is 2.72. The van der Waals surface area contributed by atoms with E-state index in [0.29, 0.717) is 5.75 Å². The van der Waals surface area contributed by atoms with Crippen LogP contribution in [0.4, 0.5) is 0 Å². The van der Waals surface area contributed by atoms with Crippen LogP contribution in [-0.4, -0.2) is 31.7 Å². The molecule has 0 aliphatic heterocycles. The van der Waals surface area contributed by atoms with E-state index in [0.717, 1.165) is 12.2 Å². The van der Waals surface area contributed by atoms with E-state index in [4.69, 9.17) is 0 Å². The molecule has 2 nitrogen and oxygen atoms in total. The van der Waals surface area contributed by atoms with Gasteiger partial charge in [-0.1, -0.05) is 6.92 Å². The molecule has 0 unspecified atom stereocenters. The molecule has 0 bridgehead atoms. The normalized spacial score (nSPS) is 9.00. The molecule has 1 N–H and O–H groups in total. The Labute approximate surface area is 61.2 Å². The first-order valence-corrected chi connectivity index (χ1v) is 4.31. The molecule has 0 aliphatic carbocycles. The Morgan fingerprint density at radius 1 is 1.78 bits per heavy atom. The minimum Gasteiger partial charge on any atom is -0.364 e. The van der Waals surface area contributed by atoms with Crippen molar-refractivity contribution in [2.45, 2.75) is 6.92 Å². The predicted octanol–water partition coefficient (Wildman–Crippen LogP) is -0.554. The topological polar surface area (TPSA) is 29.1 Å². The van der Waals surface area contributed by atoms with E-state index in [1.807, 2.05) is 14.8 Å². The van der Waals surface area contributed by atoms with Crippen molar-refractivity contribution in [1.82, 2.24) is 5.32 Å². The number of amides is 1. The van der Waals surface area contributed by atoms with Crippen molar-refractivity contribution in [2.24, 2.45) is 0 Å². The fraction of sp³-hybridized carbons (Fsp3) is 0.800. The second-order valence-electron chi connectivity index (χ2n) is 1.59. The molecule has 9 heavy (non-hydrogen) atoms. The first-order valence-electron chi connectivity index (χ1n) is 3.15. The quantitative estimate of drug-likeness (QED) is 0.537. The molecule has 1 amide bonds. The summed E-state index contributed by atoms with van der Waals surface area (Å²) in [7, 11) is 1.93. The number of carbonyl (C=O) groups excluding carboxylic acids is 1. The largest absolute Gasteiger partial charge is 0.364 e. The summed E-state index contributed by atoms with van der Waals surface area (Å²) in [6.07, 6.45) is 0.739. The number of nitrogens with one attached hydrogen (secondary N) is 1. The summed E-state index contributed by atoms with van der Waals surface area (Å²) in [6, 6.07) is 0. The van der Waals surface area contributed by atoms with Crippen LogP contribution < -0.4 is 5.32 Å². The minimum absolute atomic E-state index is 0.143. The van der Waals surface area contributed by atoms with E-state index in [1.54, 1.807) is 11.8 Å². The van der Waals surface area contributed by atoms with E-state index in [9.17, 15) is 4.79 Å². The van der Waals surface area contributed by atoms with Gasteiger partial charge in [-0.05, 0) is 12.2 Å². The van der Waals surface area contributed by atoms with E-state index in [2.05, 4.69) is 5.32 Å². The Bertz CT molecular complexity index is 89.0. The molecule has 0 fully saturated rings. The lowest BCUT2D eigenvalue weighted by molar-refractivity contribution is -0.118. The predicted molar refractivity (Wildman–Crippen MR) is 44.6 cm³/mol. The molecule has 0 aliphatic rings. The molecule has 0 aromatic carbocycles. The average Bonchev–Trinajstić information content (AvgIpc) is 1.85. The summed E-state index contributed by atoms with van der Waals surface area (Å²) in [5.74, 6) is 1.76. The first kappa shape index (κ1) is 8.88. The monoisotopic (exact) mass is 145 g/mol. The minimum atomic E-state index is 0.143. The maximum Gasteiger partial charge on any atom is 0.229 e. The van der Waals surface area contributed by atoms with Crippen molar-refractivity contribution >= 4 is 25.5 Å². The highest BCUT2D eigenvalue weighted by atomic mass is 32.2. The van der Waals surface area contributed by atoms with Crippen LogP contribution in [0.15, 0.2) is 0 Å². The van der Waals surface area contributed by atoms with Gasteiger partial charge in [0.2, 0.25) is 5.91 Å². The summed E-state index contributed by atoms with van der Waals surface area (Å²) < 4.78 is 0. The molecule has 0 heterocycles. The highest BCUT2D eigenvalue weighted by Crippen LogP contribution is 1.95. The summed E-state index contributed by atoms with van der Waals surface area (Å²) in [4.78, 5) is 10.7. The van der Waals surface area contributed by atoms with Crippen LogP contribution in [0.2, 0.25) is 0 Å². The Morgan fingerprint density at radius 2 is 2.44 bits per heavy atom. The lowest BCUT2D eigenvalue weighted by Crippen LogP contribution is -2.26. The molecule has 0 aromatic rings. The zero-order valence-corrected chi connectivity index (χ0v) is 6.75. The molecule has 0 saturated heterocycles. The molecule has 0 radical (unpaired) electrons. The molecule has 0 rings (SSSR count). The van der Waals surface area contributed by atoms with Crippen LogP contribution >= 0.6 is 11.8 Å². The smallest absolute Gasteiger partial charge is 0.229 e. The lowest BCUT2D eigenvalue weighted by atomic mass is 10.2. The van der Waals surface area contributed by atoms with Crippen LogP contribution in [0.1, 0.15) is 6.92 Å². The molecule has 4 heteroatoms.